The maximum absolute atomic E-state index is 13.2. The van der Waals surface area contributed by atoms with Crippen LogP contribution < -0.4 is 4.90 Å². The van der Waals surface area contributed by atoms with Gasteiger partial charge in [-0.1, -0.05) is 48.4 Å². The summed E-state index contributed by atoms with van der Waals surface area (Å²) in [5.74, 6) is 1.51. The fraction of sp³-hybridized carbons (Fsp3) is 0.360. The largest absolute Gasteiger partial charge is 0.354 e. The van der Waals surface area contributed by atoms with Crippen LogP contribution in [0.25, 0.3) is 0 Å². The number of benzene rings is 2. The van der Waals surface area contributed by atoms with E-state index < -0.39 is 20.6 Å². The van der Waals surface area contributed by atoms with Crippen LogP contribution in [-0.2, 0) is 22.9 Å². The lowest BCUT2D eigenvalue weighted by Gasteiger charge is -2.36. The molecule has 11 heteroatoms. The van der Waals surface area contributed by atoms with Crippen LogP contribution in [-0.4, -0.2) is 53.8 Å². The first kappa shape index (κ1) is 26.0. The van der Waals surface area contributed by atoms with Gasteiger partial charge in [0.05, 0.1) is 9.82 Å². The van der Waals surface area contributed by atoms with Crippen molar-refractivity contribution in [2.75, 3.05) is 31.1 Å². The van der Waals surface area contributed by atoms with E-state index in [-0.39, 0.29) is 23.0 Å². The van der Waals surface area contributed by atoms with Crippen molar-refractivity contribution in [3.05, 3.63) is 85.8 Å². The fourth-order valence-electron chi connectivity index (χ4n) is 4.36. The molecule has 4 rings (SSSR count). The zero-order valence-electron chi connectivity index (χ0n) is 20.4. The third kappa shape index (κ3) is 5.35. The highest BCUT2D eigenvalue weighted by atomic mass is 35.5. The number of nitro benzene ring substituents is 1. The Labute approximate surface area is 216 Å². The van der Waals surface area contributed by atoms with E-state index in [0.29, 0.717) is 25.3 Å². The van der Waals surface area contributed by atoms with E-state index in [0.717, 1.165) is 35.1 Å². The lowest BCUT2D eigenvalue weighted by molar-refractivity contribution is -0.384. The van der Waals surface area contributed by atoms with Crippen LogP contribution in [0.3, 0.4) is 0 Å². The van der Waals surface area contributed by atoms with Gasteiger partial charge in [-0.05, 0) is 38.0 Å². The van der Waals surface area contributed by atoms with Crippen molar-refractivity contribution in [1.82, 2.24) is 14.3 Å². The third-order valence-electron chi connectivity index (χ3n) is 6.31. The summed E-state index contributed by atoms with van der Waals surface area (Å²) in [6.45, 7) is 7.33. The molecule has 9 nitrogen and oxygen atoms in total. The highest BCUT2D eigenvalue weighted by molar-refractivity contribution is 7.89. The van der Waals surface area contributed by atoms with E-state index >= 15 is 0 Å². The molecule has 3 aromatic rings. The van der Waals surface area contributed by atoms with Crippen molar-refractivity contribution in [3.8, 4) is 0 Å². The van der Waals surface area contributed by atoms with Gasteiger partial charge in [-0.15, -0.1) is 0 Å². The van der Waals surface area contributed by atoms with Crippen molar-refractivity contribution in [2.24, 2.45) is 0 Å². The number of hydrogen-bond acceptors (Lipinski definition) is 7. The number of rotatable bonds is 7. The average Bonchev–Trinajstić information content (AvgIpc) is 2.86. The van der Waals surface area contributed by atoms with Crippen LogP contribution in [0.1, 0.15) is 35.1 Å². The van der Waals surface area contributed by atoms with Gasteiger partial charge < -0.3 is 4.90 Å². The monoisotopic (exact) mass is 529 g/mol. The number of aryl methyl sites for hydroxylation is 3. The first-order valence-corrected chi connectivity index (χ1v) is 13.5. The molecule has 1 aliphatic heterocycles. The minimum atomic E-state index is -3.91. The highest BCUT2D eigenvalue weighted by Crippen LogP contribution is 2.30. The molecule has 0 saturated carbocycles. The van der Waals surface area contributed by atoms with E-state index in [1.54, 1.807) is 0 Å². The van der Waals surface area contributed by atoms with Gasteiger partial charge in [-0.25, -0.2) is 18.4 Å². The minimum Gasteiger partial charge on any atom is -0.354 e. The Balaban J connectivity index is 1.59. The summed E-state index contributed by atoms with van der Waals surface area (Å²) >= 11 is 5.86. The van der Waals surface area contributed by atoms with Crippen LogP contribution in [0.4, 0.5) is 11.5 Å². The molecule has 1 fully saturated rings. The maximum atomic E-state index is 13.2. The molecule has 36 heavy (non-hydrogen) atoms. The zero-order valence-corrected chi connectivity index (χ0v) is 22.0. The zero-order chi connectivity index (χ0) is 26.0. The van der Waals surface area contributed by atoms with Gasteiger partial charge in [0.15, 0.2) is 0 Å². The first-order chi connectivity index (χ1) is 17.1. The number of aromatic nitrogens is 2. The Morgan fingerprint density at radius 1 is 1.03 bits per heavy atom. The number of sulfonamides is 1. The van der Waals surface area contributed by atoms with Crippen molar-refractivity contribution >= 4 is 33.1 Å². The number of hydrogen-bond donors (Lipinski definition) is 0. The maximum Gasteiger partial charge on any atom is 0.289 e. The van der Waals surface area contributed by atoms with Crippen LogP contribution in [0.5, 0.6) is 0 Å². The van der Waals surface area contributed by atoms with Gasteiger partial charge in [-0.2, -0.15) is 4.31 Å². The second-order valence-corrected chi connectivity index (χ2v) is 11.1. The second-order valence-electron chi connectivity index (χ2n) is 8.80. The molecule has 0 unspecified atom stereocenters. The number of halogens is 1. The Hall–Kier alpha value is -3.08. The summed E-state index contributed by atoms with van der Waals surface area (Å²) in [4.78, 5) is 21.9. The van der Waals surface area contributed by atoms with Crippen LogP contribution in [0.15, 0.2) is 47.4 Å². The Morgan fingerprint density at radius 3 is 2.31 bits per heavy atom. The average molecular weight is 530 g/mol. The molecule has 0 atom stereocenters. The lowest BCUT2D eigenvalue weighted by atomic mass is 10.0. The summed E-state index contributed by atoms with van der Waals surface area (Å²) in [5.41, 5.74) is 3.96. The molecule has 0 spiro atoms. The van der Waals surface area contributed by atoms with Crippen molar-refractivity contribution in [2.45, 2.75) is 38.5 Å². The molecule has 1 aromatic heterocycles. The van der Waals surface area contributed by atoms with Gasteiger partial charge in [-0.3, -0.25) is 10.1 Å². The molecule has 0 radical (unpaired) electrons. The molecule has 0 amide bonds. The van der Waals surface area contributed by atoms with Gasteiger partial charge >= 0.3 is 0 Å². The molecule has 0 bridgehead atoms. The summed E-state index contributed by atoms with van der Waals surface area (Å²) < 4.78 is 27.8. The molecule has 1 aliphatic rings. The SMILES string of the molecule is CCc1nc(C)nc(N2CCN(S(=O)(=O)c3ccc(Cl)c([N+](=O)[O-])c3)CC2)c1Cc1ccc(C)cc1. The van der Waals surface area contributed by atoms with Crippen LogP contribution in [0.2, 0.25) is 5.02 Å². The van der Waals surface area contributed by atoms with E-state index in [2.05, 4.69) is 48.0 Å². The predicted octanol–water partition coefficient (Wildman–Crippen LogP) is 4.32. The number of anilines is 1. The van der Waals surface area contributed by atoms with E-state index in [4.69, 9.17) is 16.6 Å². The molecular weight excluding hydrogens is 502 g/mol. The van der Waals surface area contributed by atoms with Gasteiger partial charge in [0.25, 0.3) is 5.69 Å². The third-order valence-corrected chi connectivity index (χ3v) is 8.52. The van der Waals surface area contributed by atoms with E-state index in [1.807, 2.05) is 6.92 Å². The van der Waals surface area contributed by atoms with Crippen molar-refractivity contribution < 1.29 is 13.3 Å². The Morgan fingerprint density at radius 2 is 1.69 bits per heavy atom. The molecule has 190 valence electrons. The molecule has 1 saturated heterocycles. The molecule has 0 aliphatic carbocycles. The normalized spacial score (nSPS) is 14.7. The standard InChI is InChI=1S/C25H28ClN5O4S/c1-4-23-21(15-19-7-5-17(2)6-8-19)25(28-18(3)27-23)29-11-13-30(14-12-29)36(34,35)20-9-10-22(26)24(16-20)31(32)33/h5-10,16H,4,11-15H2,1-3H3. The van der Waals surface area contributed by atoms with Crippen LogP contribution >= 0.6 is 11.6 Å². The first-order valence-electron chi connectivity index (χ1n) is 11.7. The summed E-state index contributed by atoms with van der Waals surface area (Å²) in [6, 6.07) is 11.9. The molecule has 2 aromatic carbocycles. The quantitative estimate of drug-likeness (QED) is 0.331. The lowest BCUT2D eigenvalue weighted by Crippen LogP contribution is -2.49. The molecular formula is C25H28ClN5O4S. The smallest absolute Gasteiger partial charge is 0.289 e. The van der Waals surface area contributed by atoms with Gasteiger partial charge in [0, 0.05) is 49.9 Å². The van der Waals surface area contributed by atoms with E-state index in [1.165, 1.54) is 22.0 Å². The topological polar surface area (TPSA) is 110 Å². The molecule has 2 heterocycles. The Kier molecular flexibility index (Phi) is 7.58. The van der Waals surface area contributed by atoms with Gasteiger partial charge in [0.1, 0.15) is 16.7 Å². The fourth-order valence-corrected chi connectivity index (χ4v) is 5.99. The van der Waals surface area contributed by atoms with Gasteiger partial charge in [0.2, 0.25) is 10.0 Å². The predicted molar refractivity (Wildman–Crippen MR) is 139 cm³/mol. The second kappa shape index (κ2) is 10.5. The van der Waals surface area contributed by atoms with Crippen LogP contribution in [0, 0.1) is 24.0 Å². The van der Waals surface area contributed by atoms with Crippen molar-refractivity contribution in [1.29, 1.82) is 0 Å². The number of nitrogens with zero attached hydrogens (tertiary/aromatic N) is 5. The van der Waals surface area contributed by atoms with Crippen molar-refractivity contribution in [3.63, 3.8) is 0 Å². The minimum absolute atomic E-state index is 0.101. The number of piperazine rings is 1. The van der Waals surface area contributed by atoms with E-state index in [9.17, 15) is 18.5 Å². The number of nitro groups is 1. The summed E-state index contributed by atoms with van der Waals surface area (Å²) in [7, 11) is -3.91. The molecule has 0 N–H and O–H groups in total. The Bertz CT molecular complexity index is 1390. The highest BCUT2D eigenvalue weighted by Gasteiger charge is 2.31. The summed E-state index contributed by atoms with van der Waals surface area (Å²) in [5, 5.41) is 11.1. The summed E-state index contributed by atoms with van der Waals surface area (Å²) in [6.07, 6.45) is 1.45.